The minimum atomic E-state index is 0.460. The lowest BCUT2D eigenvalue weighted by Gasteiger charge is -2.25. The third-order valence-corrected chi connectivity index (χ3v) is 3.97. The molecule has 1 unspecified atom stereocenters. The van der Waals surface area contributed by atoms with Gasteiger partial charge in [0.05, 0.1) is 7.11 Å². The summed E-state index contributed by atoms with van der Waals surface area (Å²) in [5.74, 6) is 1.61. The molecule has 0 fully saturated rings. The topological polar surface area (TPSA) is 37.0 Å². The average molecular weight is 258 g/mol. The normalized spacial score (nSPS) is 18.8. The Hall–Kier alpha value is -1.48. The fraction of sp³-hybridized carbons (Fsp3) is 0.500. The Bertz CT molecular complexity index is 586. The quantitative estimate of drug-likeness (QED) is 0.885. The van der Waals surface area contributed by atoms with Crippen molar-refractivity contribution in [2.24, 2.45) is 5.92 Å². The molecule has 0 aliphatic carbocycles. The Morgan fingerprint density at radius 2 is 2.21 bits per heavy atom. The van der Waals surface area contributed by atoms with E-state index in [1.165, 1.54) is 28.6 Å². The molecule has 1 aromatic carbocycles. The van der Waals surface area contributed by atoms with Gasteiger partial charge in [-0.05, 0) is 43.0 Å². The van der Waals surface area contributed by atoms with Gasteiger partial charge in [0.25, 0.3) is 0 Å². The zero-order valence-corrected chi connectivity index (χ0v) is 11.9. The average Bonchev–Trinajstić information content (AvgIpc) is 2.77. The molecule has 1 aromatic heterocycles. The van der Waals surface area contributed by atoms with Gasteiger partial charge in [-0.2, -0.15) is 0 Å². The van der Waals surface area contributed by atoms with Gasteiger partial charge in [0.2, 0.25) is 0 Å². The van der Waals surface area contributed by atoms with E-state index in [0.29, 0.717) is 12.0 Å². The lowest BCUT2D eigenvalue weighted by atomic mass is 9.93. The number of H-pyrrole nitrogens is 1. The maximum atomic E-state index is 5.31. The van der Waals surface area contributed by atoms with E-state index in [2.05, 4.69) is 42.3 Å². The largest absolute Gasteiger partial charge is 0.497 e. The molecular weight excluding hydrogens is 236 g/mol. The predicted octanol–water partition coefficient (Wildman–Crippen LogP) is 3.41. The molecule has 0 bridgehead atoms. The number of hydrogen-bond donors (Lipinski definition) is 2. The van der Waals surface area contributed by atoms with Crippen LogP contribution in [0.2, 0.25) is 0 Å². The highest BCUT2D eigenvalue weighted by Crippen LogP contribution is 2.34. The first-order valence-corrected chi connectivity index (χ1v) is 7.11. The van der Waals surface area contributed by atoms with Crippen molar-refractivity contribution in [2.45, 2.75) is 32.7 Å². The van der Waals surface area contributed by atoms with Crippen LogP contribution in [0.25, 0.3) is 10.9 Å². The van der Waals surface area contributed by atoms with Crippen LogP contribution in [0, 0.1) is 5.92 Å². The molecule has 3 nitrogen and oxygen atoms in total. The van der Waals surface area contributed by atoms with E-state index in [1.807, 2.05) is 0 Å². The molecule has 3 rings (SSSR count). The molecule has 102 valence electrons. The summed E-state index contributed by atoms with van der Waals surface area (Å²) in [4.78, 5) is 3.60. The molecule has 19 heavy (non-hydrogen) atoms. The second kappa shape index (κ2) is 4.89. The third-order valence-electron chi connectivity index (χ3n) is 3.97. The van der Waals surface area contributed by atoms with E-state index in [4.69, 9.17) is 4.74 Å². The minimum absolute atomic E-state index is 0.460. The lowest BCUT2D eigenvalue weighted by Crippen LogP contribution is -2.30. The van der Waals surface area contributed by atoms with E-state index in [1.54, 1.807) is 7.11 Å². The molecule has 0 spiro atoms. The Labute approximate surface area is 114 Å². The highest BCUT2D eigenvalue weighted by Gasteiger charge is 2.24. The van der Waals surface area contributed by atoms with Gasteiger partial charge < -0.3 is 15.0 Å². The SMILES string of the molecule is COc1ccc2c3c([nH]c2c1)C(CC(C)C)NCC3. The number of benzene rings is 1. The molecule has 1 aliphatic rings. The summed E-state index contributed by atoms with van der Waals surface area (Å²) in [5, 5.41) is 4.99. The van der Waals surface area contributed by atoms with Crippen LogP contribution in [0.4, 0.5) is 0 Å². The van der Waals surface area contributed by atoms with E-state index in [0.717, 1.165) is 18.7 Å². The van der Waals surface area contributed by atoms with Crippen LogP contribution < -0.4 is 10.1 Å². The molecule has 0 saturated carbocycles. The van der Waals surface area contributed by atoms with Crippen molar-refractivity contribution in [3.8, 4) is 5.75 Å². The van der Waals surface area contributed by atoms with Crippen LogP contribution in [0.15, 0.2) is 18.2 Å². The van der Waals surface area contributed by atoms with Crippen molar-refractivity contribution in [1.29, 1.82) is 0 Å². The monoisotopic (exact) mass is 258 g/mol. The summed E-state index contributed by atoms with van der Waals surface area (Å²) < 4.78 is 5.31. The van der Waals surface area contributed by atoms with Crippen molar-refractivity contribution in [2.75, 3.05) is 13.7 Å². The van der Waals surface area contributed by atoms with E-state index in [-0.39, 0.29) is 0 Å². The van der Waals surface area contributed by atoms with Crippen LogP contribution in [0.5, 0.6) is 5.75 Å². The number of aromatic nitrogens is 1. The maximum Gasteiger partial charge on any atom is 0.120 e. The lowest BCUT2D eigenvalue weighted by molar-refractivity contribution is 0.409. The summed E-state index contributed by atoms with van der Waals surface area (Å²) in [6, 6.07) is 6.79. The molecular formula is C16H22N2O. The van der Waals surface area contributed by atoms with Crippen molar-refractivity contribution in [3.63, 3.8) is 0 Å². The van der Waals surface area contributed by atoms with E-state index >= 15 is 0 Å². The first kappa shape index (κ1) is 12.5. The maximum absolute atomic E-state index is 5.31. The number of hydrogen-bond acceptors (Lipinski definition) is 2. The van der Waals surface area contributed by atoms with Gasteiger partial charge in [-0.25, -0.2) is 0 Å². The minimum Gasteiger partial charge on any atom is -0.497 e. The molecule has 0 amide bonds. The van der Waals surface area contributed by atoms with Crippen LogP contribution in [-0.4, -0.2) is 18.6 Å². The van der Waals surface area contributed by atoms with Gasteiger partial charge in [-0.1, -0.05) is 13.8 Å². The van der Waals surface area contributed by atoms with Crippen LogP contribution >= 0.6 is 0 Å². The number of fused-ring (bicyclic) bond motifs is 3. The van der Waals surface area contributed by atoms with Crippen molar-refractivity contribution < 1.29 is 4.74 Å². The first-order chi connectivity index (χ1) is 9.19. The number of ether oxygens (including phenoxy) is 1. The summed E-state index contributed by atoms with van der Waals surface area (Å²) in [7, 11) is 1.72. The fourth-order valence-electron chi connectivity index (χ4n) is 3.10. The smallest absolute Gasteiger partial charge is 0.120 e. The first-order valence-electron chi connectivity index (χ1n) is 7.11. The summed E-state index contributed by atoms with van der Waals surface area (Å²) in [6.45, 7) is 5.63. The van der Waals surface area contributed by atoms with Gasteiger partial charge in [0.15, 0.2) is 0 Å². The number of aromatic amines is 1. The number of nitrogens with one attached hydrogen (secondary N) is 2. The highest BCUT2D eigenvalue weighted by molar-refractivity contribution is 5.86. The molecule has 2 heterocycles. The van der Waals surface area contributed by atoms with Crippen molar-refractivity contribution in [1.82, 2.24) is 10.3 Å². The van der Waals surface area contributed by atoms with Gasteiger partial charge in [-0.15, -0.1) is 0 Å². The third kappa shape index (κ3) is 2.23. The molecule has 0 saturated heterocycles. The van der Waals surface area contributed by atoms with Gasteiger partial charge >= 0.3 is 0 Å². The highest BCUT2D eigenvalue weighted by atomic mass is 16.5. The Morgan fingerprint density at radius 3 is 2.95 bits per heavy atom. The van der Waals surface area contributed by atoms with E-state index < -0.39 is 0 Å². The van der Waals surface area contributed by atoms with Crippen LogP contribution in [-0.2, 0) is 6.42 Å². The zero-order chi connectivity index (χ0) is 13.4. The molecule has 3 heteroatoms. The zero-order valence-electron chi connectivity index (χ0n) is 11.9. The molecule has 1 aliphatic heterocycles. The fourth-order valence-corrected chi connectivity index (χ4v) is 3.10. The van der Waals surface area contributed by atoms with Crippen molar-refractivity contribution in [3.05, 3.63) is 29.5 Å². The summed E-state index contributed by atoms with van der Waals surface area (Å²) in [6.07, 6.45) is 2.28. The standard InChI is InChI=1S/C16H22N2O/c1-10(2)8-15-16-13(6-7-17-15)12-5-4-11(19-3)9-14(12)18-16/h4-5,9-10,15,17-18H,6-8H2,1-3H3. The Balaban J connectivity index is 2.06. The number of methoxy groups -OCH3 is 1. The second-order valence-electron chi connectivity index (χ2n) is 5.82. The Kier molecular flexibility index (Phi) is 3.23. The molecule has 2 aromatic rings. The van der Waals surface area contributed by atoms with Crippen molar-refractivity contribution >= 4 is 10.9 Å². The molecule has 0 radical (unpaired) electrons. The van der Waals surface area contributed by atoms with Crippen LogP contribution in [0.1, 0.15) is 37.6 Å². The van der Waals surface area contributed by atoms with Gasteiger partial charge in [0.1, 0.15) is 5.75 Å². The van der Waals surface area contributed by atoms with Crippen LogP contribution in [0.3, 0.4) is 0 Å². The predicted molar refractivity (Wildman–Crippen MR) is 78.8 cm³/mol. The van der Waals surface area contributed by atoms with E-state index in [9.17, 15) is 0 Å². The number of rotatable bonds is 3. The van der Waals surface area contributed by atoms with Gasteiger partial charge in [0, 0.05) is 28.7 Å². The molecule has 2 N–H and O–H groups in total. The summed E-state index contributed by atoms with van der Waals surface area (Å²) in [5.41, 5.74) is 4.06. The second-order valence-corrected chi connectivity index (χ2v) is 5.82. The Morgan fingerprint density at radius 1 is 1.37 bits per heavy atom. The van der Waals surface area contributed by atoms with Gasteiger partial charge in [-0.3, -0.25) is 0 Å². The summed E-state index contributed by atoms with van der Waals surface area (Å²) >= 11 is 0. The molecule has 1 atom stereocenters.